The number of hydrogen-bond donors (Lipinski definition) is 1. The highest BCUT2D eigenvalue weighted by Gasteiger charge is 2.42. The minimum Gasteiger partial charge on any atom is -0.483 e. The van der Waals surface area contributed by atoms with Gasteiger partial charge in [-0.25, -0.2) is 4.39 Å². The van der Waals surface area contributed by atoms with Crippen molar-refractivity contribution in [1.29, 1.82) is 0 Å². The van der Waals surface area contributed by atoms with Crippen molar-refractivity contribution >= 4 is 18.2 Å². The second kappa shape index (κ2) is 4.86. The molecule has 0 aliphatic carbocycles. The van der Waals surface area contributed by atoms with Crippen LogP contribution in [0.3, 0.4) is 0 Å². The van der Waals surface area contributed by atoms with Gasteiger partial charge in [0.1, 0.15) is 5.60 Å². The van der Waals surface area contributed by atoms with E-state index in [2.05, 4.69) is 5.32 Å². The van der Waals surface area contributed by atoms with Crippen LogP contribution in [-0.4, -0.2) is 24.5 Å². The third kappa shape index (κ3) is 2.10. The second-order valence-corrected chi connectivity index (χ2v) is 4.75. The molecule has 0 radical (unpaired) electrons. The maximum Gasteiger partial charge on any atom is 0.170 e. The van der Waals surface area contributed by atoms with Crippen molar-refractivity contribution in [2.75, 3.05) is 13.1 Å². The summed E-state index contributed by atoms with van der Waals surface area (Å²) in [6.07, 6.45) is 1.88. The predicted molar refractivity (Wildman–Crippen MR) is 68.1 cm³/mol. The fraction of sp³-hybridized carbons (Fsp3) is 0.462. The van der Waals surface area contributed by atoms with Crippen LogP contribution in [0, 0.1) is 5.82 Å². The number of nitrogens with one attached hydrogen (secondary N) is 1. The summed E-state index contributed by atoms with van der Waals surface area (Å²) in [4.78, 5) is 12.0. The molecule has 0 saturated carbocycles. The lowest BCUT2D eigenvalue weighted by molar-refractivity contribution is 0.0155. The quantitative estimate of drug-likeness (QED) is 0.787. The molecule has 0 aromatic heterocycles. The van der Waals surface area contributed by atoms with Gasteiger partial charge < -0.3 is 10.1 Å². The van der Waals surface area contributed by atoms with E-state index < -0.39 is 11.4 Å². The molecule has 0 bridgehead atoms. The Labute approximate surface area is 111 Å². The molecular weight excluding hydrogens is 257 g/mol. The summed E-state index contributed by atoms with van der Waals surface area (Å²) in [7, 11) is 0. The summed E-state index contributed by atoms with van der Waals surface area (Å²) in [5, 5.41) is 3.22. The van der Waals surface area contributed by atoms with Gasteiger partial charge >= 0.3 is 0 Å². The lowest BCUT2D eigenvalue weighted by Gasteiger charge is -2.40. The van der Waals surface area contributed by atoms with Crippen molar-refractivity contribution in [3.8, 4) is 5.75 Å². The minimum absolute atomic E-state index is 0. The Morgan fingerprint density at radius 2 is 2.00 bits per heavy atom. The number of benzene rings is 1. The van der Waals surface area contributed by atoms with Crippen LogP contribution in [0.4, 0.5) is 4.39 Å². The smallest absolute Gasteiger partial charge is 0.170 e. The van der Waals surface area contributed by atoms with Crippen LogP contribution >= 0.6 is 12.4 Å². The number of fused-ring (bicyclic) bond motifs is 1. The highest BCUT2D eigenvalue weighted by atomic mass is 35.5. The zero-order valence-corrected chi connectivity index (χ0v) is 10.7. The van der Waals surface area contributed by atoms with E-state index in [1.807, 2.05) is 0 Å². The van der Waals surface area contributed by atoms with Gasteiger partial charge in [0.05, 0.1) is 12.0 Å². The number of hydrogen-bond acceptors (Lipinski definition) is 3. The van der Waals surface area contributed by atoms with Crippen LogP contribution in [-0.2, 0) is 0 Å². The number of carbonyl (C=O) groups excluding carboxylic acids is 1. The van der Waals surface area contributed by atoms with Crippen molar-refractivity contribution in [2.24, 2.45) is 0 Å². The molecule has 3 rings (SSSR count). The fourth-order valence-electron chi connectivity index (χ4n) is 2.63. The molecule has 18 heavy (non-hydrogen) atoms. The molecule has 5 heteroatoms. The molecule has 1 saturated heterocycles. The third-order valence-electron chi connectivity index (χ3n) is 3.58. The zero-order chi connectivity index (χ0) is 11.9. The summed E-state index contributed by atoms with van der Waals surface area (Å²) in [6, 6.07) is 4.52. The molecule has 3 nitrogen and oxygen atoms in total. The van der Waals surface area contributed by atoms with Gasteiger partial charge in [-0.3, -0.25) is 4.79 Å². The van der Waals surface area contributed by atoms with E-state index in [1.165, 1.54) is 6.07 Å². The van der Waals surface area contributed by atoms with Gasteiger partial charge in [-0.2, -0.15) is 0 Å². The number of carbonyl (C=O) groups is 1. The van der Waals surface area contributed by atoms with Crippen molar-refractivity contribution in [3.05, 3.63) is 29.6 Å². The van der Waals surface area contributed by atoms with Crippen molar-refractivity contribution in [3.63, 3.8) is 0 Å². The highest BCUT2D eigenvalue weighted by molar-refractivity contribution is 6.00. The molecule has 0 unspecified atom stereocenters. The van der Waals surface area contributed by atoms with Gasteiger partial charge in [0, 0.05) is 12.8 Å². The number of rotatable bonds is 0. The van der Waals surface area contributed by atoms with Crippen molar-refractivity contribution in [2.45, 2.75) is 24.9 Å². The van der Waals surface area contributed by atoms with Gasteiger partial charge in [0.25, 0.3) is 0 Å². The van der Waals surface area contributed by atoms with E-state index in [1.54, 1.807) is 12.1 Å². The first-order valence-corrected chi connectivity index (χ1v) is 5.92. The summed E-state index contributed by atoms with van der Waals surface area (Å²) < 4.78 is 19.5. The molecule has 0 atom stereocenters. The molecule has 1 fully saturated rings. The van der Waals surface area contributed by atoms with Crippen LogP contribution < -0.4 is 10.1 Å². The number of halogens is 2. The normalized spacial score (nSPS) is 20.8. The van der Waals surface area contributed by atoms with Crippen LogP contribution in [0.15, 0.2) is 18.2 Å². The molecule has 2 aliphatic heterocycles. The topological polar surface area (TPSA) is 38.3 Å². The zero-order valence-electron chi connectivity index (χ0n) is 9.87. The minimum atomic E-state index is -0.489. The highest BCUT2D eigenvalue weighted by Crippen LogP contribution is 2.39. The standard InChI is InChI=1S/C13H14FNO2.ClH/c14-10-3-1-2-9-11(16)8-13(17-12(9)10)4-6-15-7-5-13;/h1-3,15H,4-8H2;1H. The maximum absolute atomic E-state index is 13.7. The van der Waals surface area contributed by atoms with E-state index in [0.717, 1.165) is 25.9 Å². The average molecular weight is 272 g/mol. The van der Waals surface area contributed by atoms with Gasteiger partial charge in [0.2, 0.25) is 0 Å². The predicted octanol–water partition coefficient (Wildman–Crippen LogP) is 2.33. The Balaban J connectivity index is 0.00000120. The molecule has 1 spiro atoms. The lowest BCUT2D eigenvalue weighted by Crippen LogP contribution is -2.49. The van der Waals surface area contributed by atoms with Gasteiger partial charge in [-0.05, 0) is 25.2 Å². The number of ether oxygens (including phenoxy) is 1. The Morgan fingerprint density at radius 3 is 2.72 bits per heavy atom. The Bertz CT molecular complexity index is 472. The van der Waals surface area contributed by atoms with E-state index in [-0.39, 0.29) is 23.9 Å². The van der Waals surface area contributed by atoms with Gasteiger partial charge in [-0.15, -0.1) is 12.4 Å². The van der Waals surface area contributed by atoms with Crippen molar-refractivity contribution < 1.29 is 13.9 Å². The second-order valence-electron chi connectivity index (χ2n) is 4.75. The van der Waals surface area contributed by atoms with Gasteiger partial charge in [0.15, 0.2) is 17.3 Å². The number of para-hydroxylation sites is 1. The van der Waals surface area contributed by atoms with E-state index in [9.17, 15) is 9.18 Å². The molecule has 0 amide bonds. The Kier molecular flexibility index (Phi) is 3.59. The first-order chi connectivity index (χ1) is 8.20. The van der Waals surface area contributed by atoms with Crippen LogP contribution in [0.25, 0.3) is 0 Å². The van der Waals surface area contributed by atoms with Gasteiger partial charge in [-0.1, -0.05) is 6.07 Å². The average Bonchev–Trinajstić information content (AvgIpc) is 2.32. The Morgan fingerprint density at radius 1 is 1.28 bits per heavy atom. The molecule has 1 N–H and O–H groups in total. The lowest BCUT2D eigenvalue weighted by atomic mass is 9.83. The van der Waals surface area contributed by atoms with E-state index in [4.69, 9.17) is 4.74 Å². The molecule has 98 valence electrons. The SMILES string of the molecule is Cl.O=C1CC2(CCNCC2)Oc2c(F)cccc21. The largest absolute Gasteiger partial charge is 0.483 e. The molecule has 2 aliphatic rings. The summed E-state index contributed by atoms with van der Waals surface area (Å²) in [6.45, 7) is 1.63. The number of ketones is 1. The number of piperidine rings is 1. The third-order valence-corrected chi connectivity index (χ3v) is 3.58. The molecular formula is C13H15ClFNO2. The van der Waals surface area contributed by atoms with E-state index >= 15 is 0 Å². The van der Waals surface area contributed by atoms with Crippen LogP contribution in [0.1, 0.15) is 29.6 Å². The monoisotopic (exact) mass is 271 g/mol. The number of Topliss-reactive ketones (excluding diaryl/α,β-unsaturated/α-hetero) is 1. The van der Waals surface area contributed by atoms with Crippen LogP contribution in [0.2, 0.25) is 0 Å². The fourth-order valence-corrected chi connectivity index (χ4v) is 2.63. The van der Waals surface area contributed by atoms with Crippen molar-refractivity contribution in [1.82, 2.24) is 5.32 Å². The first-order valence-electron chi connectivity index (χ1n) is 5.92. The molecule has 1 aromatic carbocycles. The molecule has 2 heterocycles. The molecule has 1 aromatic rings. The Hall–Kier alpha value is -1.13. The summed E-state index contributed by atoms with van der Waals surface area (Å²) in [5.74, 6) is -0.299. The maximum atomic E-state index is 13.7. The van der Waals surface area contributed by atoms with Crippen LogP contribution in [0.5, 0.6) is 5.75 Å². The first kappa shape index (κ1) is 13.3. The van der Waals surface area contributed by atoms with E-state index in [0.29, 0.717) is 12.0 Å². The summed E-state index contributed by atoms with van der Waals surface area (Å²) >= 11 is 0. The summed E-state index contributed by atoms with van der Waals surface area (Å²) in [5.41, 5.74) is -0.105.